The van der Waals surface area contributed by atoms with Gasteiger partial charge in [-0.1, -0.05) is 0 Å². The summed E-state index contributed by atoms with van der Waals surface area (Å²) in [6, 6.07) is 0. The molecule has 2 fully saturated rings. The number of carbonyl (C=O) groups is 1. The second-order valence-electron chi connectivity index (χ2n) is 4.04. The fraction of sp³-hybridized carbons (Fsp3) is 0.900. The largest absolute Gasteiger partial charge is 0.356 e. The first kappa shape index (κ1) is 9.16. The van der Waals surface area contributed by atoms with Gasteiger partial charge in [0.1, 0.15) is 5.78 Å². The number of hydrogen-bond donors (Lipinski definition) is 0. The van der Waals surface area contributed by atoms with E-state index in [0.717, 1.165) is 25.7 Å². The predicted molar refractivity (Wildman–Crippen MR) is 47.2 cm³/mol. The standard InChI is InChI=1S/C10H16O3/c1-12-10-5-7-2-3-9(11)4-8(7)6-13-10/h7-8,10H,2-6H2,1H3/t7-,8-,10-/m0/s1. The van der Waals surface area contributed by atoms with Gasteiger partial charge in [-0.2, -0.15) is 0 Å². The zero-order chi connectivity index (χ0) is 9.26. The van der Waals surface area contributed by atoms with Crippen LogP contribution in [0.4, 0.5) is 0 Å². The van der Waals surface area contributed by atoms with Crippen LogP contribution in [0.15, 0.2) is 0 Å². The van der Waals surface area contributed by atoms with Gasteiger partial charge in [-0.3, -0.25) is 4.79 Å². The topological polar surface area (TPSA) is 35.5 Å². The van der Waals surface area contributed by atoms with Gasteiger partial charge < -0.3 is 9.47 Å². The second-order valence-corrected chi connectivity index (χ2v) is 4.04. The molecule has 1 aliphatic heterocycles. The number of hydrogen-bond acceptors (Lipinski definition) is 3. The van der Waals surface area contributed by atoms with E-state index in [1.807, 2.05) is 0 Å². The first-order valence-electron chi connectivity index (χ1n) is 4.95. The Bertz CT molecular complexity index is 202. The van der Waals surface area contributed by atoms with Crippen LogP contribution in [0.3, 0.4) is 0 Å². The van der Waals surface area contributed by atoms with Crippen molar-refractivity contribution in [3.63, 3.8) is 0 Å². The molecule has 1 aliphatic carbocycles. The highest BCUT2D eigenvalue weighted by Gasteiger charge is 2.35. The van der Waals surface area contributed by atoms with E-state index in [0.29, 0.717) is 24.2 Å². The highest BCUT2D eigenvalue weighted by Crippen LogP contribution is 2.35. The highest BCUT2D eigenvalue weighted by atomic mass is 16.7. The van der Waals surface area contributed by atoms with E-state index in [9.17, 15) is 4.79 Å². The maximum Gasteiger partial charge on any atom is 0.157 e. The number of ketones is 1. The van der Waals surface area contributed by atoms with Gasteiger partial charge in [0.15, 0.2) is 6.29 Å². The van der Waals surface area contributed by atoms with Crippen molar-refractivity contribution in [2.75, 3.05) is 13.7 Å². The summed E-state index contributed by atoms with van der Waals surface area (Å²) in [5.74, 6) is 1.52. The highest BCUT2D eigenvalue weighted by molar-refractivity contribution is 5.79. The minimum Gasteiger partial charge on any atom is -0.356 e. The van der Waals surface area contributed by atoms with E-state index in [2.05, 4.69) is 0 Å². The Kier molecular flexibility index (Phi) is 2.65. The Labute approximate surface area is 78.4 Å². The van der Waals surface area contributed by atoms with Crippen molar-refractivity contribution < 1.29 is 14.3 Å². The summed E-state index contributed by atoms with van der Waals surface area (Å²) in [5.41, 5.74) is 0. The molecule has 0 aromatic carbocycles. The van der Waals surface area contributed by atoms with Gasteiger partial charge in [-0.05, 0) is 18.3 Å². The Hall–Kier alpha value is -0.410. The molecular weight excluding hydrogens is 168 g/mol. The van der Waals surface area contributed by atoms with E-state index in [4.69, 9.17) is 9.47 Å². The fourth-order valence-electron chi connectivity index (χ4n) is 2.36. The van der Waals surface area contributed by atoms with Gasteiger partial charge in [-0.25, -0.2) is 0 Å². The lowest BCUT2D eigenvalue weighted by Gasteiger charge is -2.37. The number of carbonyl (C=O) groups excluding carboxylic acids is 1. The van der Waals surface area contributed by atoms with Crippen molar-refractivity contribution >= 4 is 5.78 Å². The third kappa shape index (κ3) is 1.92. The van der Waals surface area contributed by atoms with Crippen molar-refractivity contribution in [3.8, 4) is 0 Å². The maximum atomic E-state index is 11.2. The molecule has 1 saturated heterocycles. The van der Waals surface area contributed by atoms with Gasteiger partial charge in [0.05, 0.1) is 6.61 Å². The second kappa shape index (κ2) is 3.76. The first-order chi connectivity index (χ1) is 6.29. The van der Waals surface area contributed by atoms with E-state index in [1.165, 1.54) is 0 Å². The minimum absolute atomic E-state index is 0.0329. The minimum atomic E-state index is -0.0329. The summed E-state index contributed by atoms with van der Waals surface area (Å²) < 4.78 is 10.6. The fourth-order valence-corrected chi connectivity index (χ4v) is 2.36. The van der Waals surface area contributed by atoms with Crippen molar-refractivity contribution in [3.05, 3.63) is 0 Å². The van der Waals surface area contributed by atoms with E-state index < -0.39 is 0 Å². The van der Waals surface area contributed by atoms with Crippen LogP contribution in [-0.4, -0.2) is 25.8 Å². The van der Waals surface area contributed by atoms with Gasteiger partial charge >= 0.3 is 0 Å². The molecule has 3 heteroatoms. The van der Waals surface area contributed by atoms with E-state index in [-0.39, 0.29) is 6.29 Å². The number of fused-ring (bicyclic) bond motifs is 1. The lowest BCUT2D eigenvalue weighted by atomic mass is 9.76. The van der Waals surface area contributed by atoms with Crippen molar-refractivity contribution in [2.45, 2.75) is 32.0 Å². The number of methoxy groups -OCH3 is 1. The SMILES string of the molecule is CO[C@@H]1C[C@@H]2CCC(=O)C[C@H]2CO1. The summed E-state index contributed by atoms with van der Waals surface area (Å²) in [7, 11) is 1.68. The molecule has 0 N–H and O–H groups in total. The van der Waals surface area contributed by atoms with Crippen LogP contribution >= 0.6 is 0 Å². The maximum absolute atomic E-state index is 11.2. The van der Waals surface area contributed by atoms with Crippen molar-refractivity contribution in [1.82, 2.24) is 0 Å². The lowest BCUT2D eigenvalue weighted by Crippen LogP contribution is -2.38. The normalized spacial score (nSPS) is 40.1. The molecule has 0 radical (unpaired) electrons. The smallest absolute Gasteiger partial charge is 0.157 e. The molecular formula is C10H16O3. The number of Topliss-reactive ketones (excluding diaryl/α,β-unsaturated/α-hetero) is 1. The molecule has 13 heavy (non-hydrogen) atoms. The molecule has 0 amide bonds. The molecule has 0 aromatic rings. The monoisotopic (exact) mass is 184 g/mol. The summed E-state index contributed by atoms with van der Waals surface area (Å²) in [4.78, 5) is 11.2. The van der Waals surface area contributed by atoms with Crippen LogP contribution < -0.4 is 0 Å². The van der Waals surface area contributed by atoms with Crippen LogP contribution in [0.1, 0.15) is 25.7 Å². The number of ether oxygens (including phenoxy) is 2. The van der Waals surface area contributed by atoms with Crippen LogP contribution in [0.2, 0.25) is 0 Å². The molecule has 0 aromatic heterocycles. The molecule has 2 rings (SSSR count). The molecule has 0 unspecified atom stereocenters. The molecule has 0 spiro atoms. The van der Waals surface area contributed by atoms with Gasteiger partial charge in [0.2, 0.25) is 0 Å². The average molecular weight is 184 g/mol. The third-order valence-corrected chi connectivity index (χ3v) is 3.20. The Morgan fingerprint density at radius 3 is 3.08 bits per heavy atom. The van der Waals surface area contributed by atoms with Crippen molar-refractivity contribution in [2.24, 2.45) is 11.8 Å². The summed E-state index contributed by atoms with van der Waals surface area (Å²) in [6.07, 6.45) is 3.45. The van der Waals surface area contributed by atoms with Gasteiger partial charge in [0, 0.05) is 26.4 Å². The van der Waals surface area contributed by atoms with Gasteiger partial charge in [-0.15, -0.1) is 0 Å². The van der Waals surface area contributed by atoms with Crippen molar-refractivity contribution in [1.29, 1.82) is 0 Å². The summed E-state index contributed by atoms with van der Waals surface area (Å²) >= 11 is 0. The Morgan fingerprint density at radius 2 is 2.31 bits per heavy atom. The van der Waals surface area contributed by atoms with E-state index >= 15 is 0 Å². The summed E-state index contributed by atoms with van der Waals surface area (Å²) in [5, 5.41) is 0. The average Bonchev–Trinajstić information content (AvgIpc) is 2.17. The lowest BCUT2D eigenvalue weighted by molar-refractivity contribution is -0.182. The molecule has 2 aliphatic rings. The van der Waals surface area contributed by atoms with Crippen LogP contribution in [0.5, 0.6) is 0 Å². The van der Waals surface area contributed by atoms with Crippen LogP contribution in [0, 0.1) is 11.8 Å². The molecule has 74 valence electrons. The van der Waals surface area contributed by atoms with E-state index in [1.54, 1.807) is 7.11 Å². The zero-order valence-electron chi connectivity index (χ0n) is 7.99. The molecule has 3 nitrogen and oxygen atoms in total. The Morgan fingerprint density at radius 1 is 1.46 bits per heavy atom. The molecule has 1 heterocycles. The predicted octanol–water partition coefficient (Wildman–Crippen LogP) is 1.36. The molecule has 0 bridgehead atoms. The molecule has 3 atom stereocenters. The summed E-state index contributed by atoms with van der Waals surface area (Å²) in [6.45, 7) is 0.703. The van der Waals surface area contributed by atoms with Crippen LogP contribution in [0.25, 0.3) is 0 Å². The van der Waals surface area contributed by atoms with Crippen LogP contribution in [-0.2, 0) is 14.3 Å². The Balaban J connectivity index is 1.94. The van der Waals surface area contributed by atoms with Gasteiger partial charge in [0.25, 0.3) is 0 Å². The third-order valence-electron chi connectivity index (χ3n) is 3.20. The zero-order valence-corrected chi connectivity index (χ0v) is 7.99. The quantitative estimate of drug-likeness (QED) is 0.617. The first-order valence-corrected chi connectivity index (χ1v) is 4.95. The molecule has 1 saturated carbocycles. The number of rotatable bonds is 1.